The molecule has 2 nitrogen and oxygen atoms in total. The molecule has 90 valence electrons. The molecule has 4 heteroatoms. The molecule has 0 saturated heterocycles. The first-order chi connectivity index (χ1) is 7.54. The monoisotopic (exact) mass is 260 g/mol. The molecule has 1 aromatic rings. The summed E-state index contributed by atoms with van der Waals surface area (Å²) in [6.45, 7) is 4.38. The molecule has 2 atom stereocenters. The fourth-order valence-electron chi connectivity index (χ4n) is 1.85. The highest BCUT2D eigenvalue weighted by molar-refractivity contribution is 6.34. The predicted molar refractivity (Wildman–Crippen MR) is 69.9 cm³/mol. The van der Waals surface area contributed by atoms with Crippen LogP contribution < -0.4 is 5.73 Å². The zero-order valence-corrected chi connectivity index (χ0v) is 11.2. The number of hydrogen-bond acceptors (Lipinski definition) is 2. The molecule has 1 heterocycles. The van der Waals surface area contributed by atoms with Crippen LogP contribution in [-0.2, 0) is 0 Å². The lowest BCUT2D eigenvalue weighted by Crippen LogP contribution is -2.16. The lowest BCUT2D eigenvalue weighted by Gasteiger charge is -2.17. The summed E-state index contributed by atoms with van der Waals surface area (Å²) in [5.74, 6) is 0.591. The van der Waals surface area contributed by atoms with E-state index in [9.17, 15) is 0 Å². The van der Waals surface area contributed by atoms with Crippen molar-refractivity contribution >= 4 is 23.2 Å². The van der Waals surface area contributed by atoms with E-state index in [1.807, 2.05) is 0 Å². The lowest BCUT2D eigenvalue weighted by molar-refractivity contribution is 0.436. The van der Waals surface area contributed by atoms with E-state index in [4.69, 9.17) is 28.9 Å². The second kappa shape index (κ2) is 6.43. The Balaban J connectivity index is 2.69. The summed E-state index contributed by atoms with van der Waals surface area (Å²) in [6.07, 6.45) is 4.85. The van der Waals surface area contributed by atoms with Gasteiger partial charge in [-0.05, 0) is 18.4 Å². The Morgan fingerprint density at radius 3 is 2.69 bits per heavy atom. The summed E-state index contributed by atoms with van der Waals surface area (Å²) < 4.78 is 0. The smallest absolute Gasteiger partial charge is 0.0758 e. The zero-order valence-electron chi connectivity index (χ0n) is 9.71. The molecule has 0 radical (unpaired) electrons. The number of halogens is 2. The van der Waals surface area contributed by atoms with Crippen LogP contribution >= 0.6 is 23.2 Å². The summed E-state index contributed by atoms with van der Waals surface area (Å²) in [6, 6.07) is 1.59. The Hall–Kier alpha value is -0.310. The Morgan fingerprint density at radius 2 is 2.12 bits per heavy atom. The number of pyridine rings is 1. The number of rotatable bonds is 5. The third-order valence-corrected chi connectivity index (χ3v) is 3.13. The van der Waals surface area contributed by atoms with Gasteiger partial charge in [-0.15, -0.1) is 0 Å². The maximum Gasteiger partial charge on any atom is 0.0758 e. The molecule has 2 N–H and O–H groups in total. The SMILES string of the molecule is CCCC(C)CC(N)c1ncc(Cl)cc1Cl. The summed E-state index contributed by atoms with van der Waals surface area (Å²) in [7, 11) is 0. The fraction of sp³-hybridized carbons (Fsp3) is 0.583. The average molecular weight is 261 g/mol. The van der Waals surface area contributed by atoms with E-state index in [2.05, 4.69) is 18.8 Å². The quantitative estimate of drug-likeness (QED) is 0.862. The van der Waals surface area contributed by atoms with Crippen molar-refractivity contribution < 1.29 is 0 Å². The second-order valence-electron chi connectivity index (χ2n) is 4.26. The van der Waals surface area contributed by atoms with Crippen molar-refractivity contribution in [3.05, 3.63) is 28.0 Å². The van der Waals surface area contributed by atoms with Gasteiger partial charge in [-0.1, -0.05) is 49.9 Å². The second-order valence-corrected chi connectivity index (χ2v) is 5.10. The van der Waals surface area contributed by atoms with Gasteiger partial charge in [0.25, 0.3) is 0 Å². The summed E-state index contributed by atoms with van der Waals surface area (Å²) in [5.41, 5.74) is 6.83. The molecule has 0 saturated carbocycles. The Morgan fingerprint density at radius 1 is 1.44 bits per heavy atom. The third-order valence-electron chi connectivity index (χ3n) is 2.63. The van der Waals surface area contributed by atoms with Crippen LogP contribution in [-0.4, -0.2) is 4.98 Å². The molecule has 0 spiro atoms. The summed E-state index contributed by atoms with van der Waals surface area (Å²) in [5, 5.41) is 1.10. The topological polar surface area (TPSA) is 38.9 Å². The molecule has 2 unspecified atom stereocenters. The molecule has 0 fully saturated rings. The molecule has 16 heavy (non-hydrogen) atoms. The van der Waals surface area contributed by atoms with Crippen molar-refractivity contribution in [1.29, 1.82) is 0 Å². The van der Waals surface area contributed by atoms with E-state index >= 15 is 0 Å². The van der Waals surface area contributed by atoms with Crippen molar-refractivity contribution in [2.24, 2.45) is 11.7 Å². The molecule has 0 amide bonds. The molecule has 1 aromatic heterocycles. The van der Waals surface area contributed by atoms with Gasteiger partial charge in [0.05, 0.1) is 15.7 Å². The standard InChI is InChI=1S/C12H18Cl2N2/c1-3-4-8(2)5-11(15)12-10(14)6-9(13)7-16-12/h6-8,11H,3-5,15H2,1-2H3. The van der Waals surface area contributed by atoms with E-state index in [1.165, 1.54) is 12.8 Å². The van der Waals surface area contributed by atoms with Crippen molar-refractivity contribution in [3.8, 4) is 0 Å². The maximum atomic E-state index is 6.09. The first-order valence-corrected chi connectivity index (χ1v) is 6.36. The Kier molecular flexibility index (Phi) is 5.53. The Labute approximate surface area is 107 Å². The molecular weight excluding hydrogens is 243 g/mol. The normalized spacial score (nSPS) is 14.8. The van der Waals surface area contributed by atoms with Gasteiger partial charge in [-0.2, -0.15) is 0 Å². The number of aromatic nitrogens is 1. The van der Waals surface area contributed by atoms with Crippen LogP contribution in [0.1, 0.15) is 44.8 Å². The third kappa shape index (κ3) is 3.93. The maximum absolute atomic E-state index is 6.09. The highest BCUT2D eigenvalue weighted by Crippen LogP contribution is 2.27. The minimum atomic E-state index is -0.105. The highest BCUT2D eigenvalue weighted by atomic mass is 35.5. The van der Waals surface area contributed by atoms with E-state index in [-0.39, 0.29) is 6.04 Å². The largest absolute Gasteiger partial charge is 0.323 e. The van der Waals surface area contributed by atoms with Gasteiger partial charge in [-0.25, -0.2) is 0 Å². The highest BCUT2D eigenvalue weighted by Gasteiger charge is 2.15. The molecular formula is C12H18Cl2N2. The van der Waals surface area contributed by atoms with Gasteiger partial charge in [0.1, 0.15) is 0 Å². The van der Waals surface area contributed by atoms with Crippen molar-refractivity contribution in [3.63, 3.8) is 0 Å². The minimum Gasteiger partial charge on any atom is -0.323 e. The summed E-state index contributed by atoms with van der Waals surface area (Å²) >= 11 is 11.8. The van der Waals surface area contributed by atoms with Gasteiger partial charge in [-0.3, -0.25) is 4.98 Å². The molecule has 0 aromatic carbocycles. The van der Waals surface area contributed by atoms with Gasteiger partial charge in [0.15, 0.2) is 0 Å². The molecule has 0 aliphatic carbocycles. The van der Waals surface area contributed by atoms with Crippen LogP contribution in [0.3, 0.4) is 0 Å². The van der Waals surface area contributed by atoms with Gasteiger partial charge < -0.3 is 5.73 Å². The van der Waals surface area contributed by atoms with Crippen LogP contribution in [0.2, 0.25) is 10.0 Å². The molecule has 1 rings (SSSR count). The van der Waals surface area contributed by atoms with Crippen LogP contribution in [0.5, 0.6) is 0 Å². The van der Waals surface area contributed by atoms with E-state index < -0.39 is 0 Å². The lowest BCUT2D eigenvalue weighted by atomic mass is 9.96. The number of nitrogens with zero attached hydrogens (tertiary/aromatic N) is 1. The van der Waals surface area contributed by atoms with Crippen molar-refractivity contribution in [1.82, 2.24) is 4.98 Å². The van der Waals surface area contributed by atoms with Crippen LogP contribution in [0, 0.1) is 5.92 Å². The van der Waals surface area contributed by atoms with E-state index in [1.54, 1.807) is 12.3 Å². The fourth-order valence-corrected chi connectivity index (χ4v) is 2.37. The van der Waals surface area contributed by atoms with Crippen LogP contribution in [0.15, 0.2) is 12.3 Å². The summed E-state index contributed by atoms with van der Waals surface area (Å²) in [4.78, 5) is 4.20. The minimum absolute atomic E-state index is 0.105. The van der Waals surface area contributed by atoms with Crippen LogP contribution in [0.4, 0.5) is 0 Å². The average Bonchev–Trinajstić information content (AvgIpc) is 2.17. The number of hydrogen-bond donors (Lipinski definition) is 1. The molecule has 0 aliphatic rings. The van der Waals surface area contributed by atoms with E-state index in [0.717, 1.165) is 12.1 Å². The zero-order chi connectivity index (χ0) is 12.1. The predicted octanol–water partition coefficient (Wildman–Crippen LogP) is 4.21. The van der Waals surface area contributed by atoms with Gasteiger partial charge in [0.2, 0.25) is 0 Å². The van der Waals surface area contributed by atoms with Crippen LogP contribution in [0.25, 0.3) is 0 Å². The first kappa shape index (κ1) is 13.8. The van der Waals surface area contributed by atoms with Gasteiger partial charge in [0, 0.05) is 12.2 Å². The molecule has 0 bridgehead atoms. The Bertz CT molecular complexity index is 342. The van der Waals surface area contributed by atoms with E-state index in [0.29, 0.717) is 16.0 Å². The number of nitrogens with two attached hydrogens (primary N) is 1. The first-order valence-electron chi connectivity index (χ1n) is 5.61. The van der Waals surface area contributed by atoms with Crippen molar-refractivity contribution in [2.45, 2.75) is 39.2 Å². The van der Waals surface area contributed by atoms with Crippen molar-refractivity contribution in [2.75, 3.05) is 0 Å². The molecule has 0 aliphatic heterocycles. The van der Waals surface area contributed by atoms with Gasteiger partial charge >= 0.3 is 0 Å².